The van der Waals surface area contributed by atoms with Crippen molar-refractivity contribution in [1.29, 1.82) is 0 Å². The van der Waals surface area contributed by atoms with Gasteiger partial charge in [-0.25, -0.2) is 0 Å². The molecular formula is C18H34N2S. The summed E-state index contributed by atoms with van der Waals surface area (Å²) in [6.45, 7) is 15.2. The maximum absolute atomic E-state index is 3.59. The number of hydrogen-bond donors (Lipinski definition) is 1. The fourth-order valence-electron chi connectivity index (χ4n) is 2.25. The molecule has 0 aromatic carbocycles. The smallest absolute Gasteiger partial charge is 0.0107 e. The molecule has 1 heterocycles. The van der Waals surface area contributed by atoms with Crippen LogP contribution in [0.2, 0.25) is 0 Å². The Labute approximate surface area is 135 Å². The summed E-state index contributed by atoms with van der Waals surface area (Å²) in [5.41, 5.74) is 1.46. The van der Waals surface area contributed by atoms with E-state index >= 15 is 0 Å². The molecule has 0 atom stereocenters. The maximum Gasteiger partial charge on any atom is 0.0107 e. The first-order valence-electron chi connectivity index (χ1n) is 8.52. The Balaban J connectivity index is 2.14. The second kappa shape index (κ2) is 11.2. The Bertz CT molecular complexity index is 321. The largest absolute Gasteiger partial charge is 0.315 e. The van der Waals surface area contributed by atoms with E-state index in [1.54, 1.807) is 11.3 Å². The molecule has 1 N–H and O–H groups in total. The molecule has 1 aromatic heterocycles. The fourth-order valence-corrected chi connectivity index (χ4v) is 2.95. The number of nitrogens with one attached hydrogen (secondary N) is 1. The van der Waals surface area contributed by atoms with Crippen molar-refractivity contribution in [2.24, 2.45) is 11.8 Å². The quantitative estimate of drug-likeness (QED) is 0.580. The lowest BCUT2D eigenvalue weighted by Crippen LogP contribution is -2.35. The molecule has 0 aliphatic carbocycles. The summed E-state index contributed by atoms with van der Waals surface area (Å²) in [6, 6.07) is 2.23. The molecule has 0 aliphatic rings. The summed E-state index contributed by atoms with van der Waals surface area (Å²) >= 11 is 1.79. The highest BCUT2D eigenvalue weighted by Gasteiger charge is 2.07. The Morgan fingerprint density at radius 1 is 1.00 bits per heavy atom. The molecule has 3 heteroatoms. The SMILES string of the molecule is CC(C)CCN(CCNCCc1ccsc1)CCC(C)C. The normalized spacial score (nSPS) is 12.0. The summed E-state index contributed by atoms with van der Waals surface area (Å²) in [6.07, 6.45) is 3.78. The Hall–Kier alpha value is -0.380. The van der Waals surface area contributed by atoms with Crippen LogP contribution >= 0.6 is 11.3 Å². The molecule has 0 amide bonds. The van der Waals surface area contributed by atoms with Gasteiger partial charge in [-0.2, -0.15) is 11.3 Å². The van der Waals surface area contributed by atoms with E-state index in [4.69, 9.17) is 0 Å². The monoisotopic (exact) mass is 310 g/mol. The minimum Gasteiger partial charge on any atom is -0.315 e. The third-order valence-electron chi connectivity index (χ3n) is 3.82. The van der Waals surface area contributed by atoms with Crippen LogP contribution in [0.1, 0.15) is 46.1 Å². The Kier molecular flexibility index (Phi) is 9.98. The van der Waals surface area contributed by atoms with Crippen LogP contribution < -0.4 is 5.32 Å². The lowest BCUT2D eigenvalue weighted by atomic mass is 10.1. The van der Waals surface area contributed by atoms with Crippen LogP contribution in [0.15, 0.2) is 16.8 Å². The lowest BCUT2D eigenvalue weighted by Gasteiger charge is -2.24. The zero-order valence-corrected chi connectivity index (χ0v) is 15.2. The van der Waals surface area contributed by atoms with Crippen molar-refractivity contribution >= 4 is 11.3 Å². The van der Waals surface area contributed by atoms with Gasteiger partial charge < -0.3 is 10.2 Å². The van der Waals surface area contributed by atoms with Gasteiger partial charge >= 0.3 is 0 Å². The van der Waals surface area contributed by atoms with Crippen molar-refractivity contribution in [2.75, 3.05) is 32.7 Å². The van der Waals surface area contributed by atoms with Crippen LogP contribution in [0.3, 0.4) is 0 Å². The minimum atomic E-state index is 0.804. The zero-order chi connectivity index (χ0) is 15.5. The van der Waals surface area contributed by atoms with E-state index in [9.17, 15) is 0 Å². The summed E-state index contributed by atoms with van der Waals surface area (Å²) in [5, 5.41) is 8.00. The van der Waals surface area contributed by atoms with Gasteiger partial charge in [0, 0.05) is 13.1 Å². The van der Waals surface area contributed by atoms with Crippen molar-refractivity contribution in [1.82, 2.24) is 10.2 Å². The highest BCUT2D eigenvalue weighted by molar-refractivity contribution is 7.07. The molecule has 0 saturated carbocycles. The predicted octanol–water partition coefficient (Wildman–Crippen LogP) is 4.27. The van der Waals surface area contributed by atoms with Gasteiger partial charge in [0.05, 0.1) is 0 Å². The molecule has 122 valence electrons. The van der Waals surface area contributed by atoms with Crippen LogP contribution in [0.25, 0.3) is 0 Å². The van der Waals surface area contributed by atoms with Gasteiger partial charge in [0.25, 0.3) is 0 Å². The average molecular weight is 311 g/mol. The van der Waals surface area contributed by atoms with Crippen LogP contribution in [0.4, 0.5) is 0 Å². The highest BCUT2D eigenvalue weighted by Crippen LogP contribution is 2.07. The van der Waals surface area contributed by atoms with E-state index in [2.05, 4.69) is 54.7 Å². The van der Waals surface area contributed by atoms with Gasteiger partial charge in [-0.1, -0.05) is 27.7 Å². The molecule has 0 unspecified atom stereocenters. The minimum absolute atomic E-state index is 0.804. The Morgan fingerprint density at radius 3 is 2.19 bits per heavy atom. The Morgan fingerprint density at radius 2 is 1.67 bits per heavy atom. The van der Waals surface area contributed by atoms with Gasteiger partial charge in [0.2, 0.25) is 0 Å². The highest BCUT2D eigenvalue weighted by atomic mass is 32.1. The molecular weight excluding hydrogens is 276 g/mol. The van der Waals surface area contributed by atoms with Gasteiger partial charge in [-0.15, -0.1) is 0 Å². The number of thiophene rings is 1. The molecule has 2 nitrogen and oxygen atoms in total. The first-order chi connectivity index (χ1) is 10.1. The van der Waals surface area contributed by atoms with Crippen LogP contribution in [-0.2, 0) is 6.42 Å². The van der Waals surface area contributed by atoms with Gasteiger partial charge in [-0.3, -0.25) is 0 Å². The van der Waals surface area contributed by atoms with Crippen molar-refractivity contribution in [3.05, 3.63) is 22.4 Å². The van der Waals surface area contributed by atoms with E-state index < -0.39 is 0 Å². The van der Waals surface area contributed by atoms with Crippen LogP contribution in [0, 0.1) is 11.8 Å². The van der Waals surface area contributed by atoms with Crippen molar-refractivity contribution in [3.63, 3.8) is 0 Å². The summed E-state index contributed by atoms with van der Waals surface area (Å²) < 4.78 is 0. The van der Waals surface area contributed by atoms with Gasteiger partial charge in [0.15, 0.2) is 0 Å². The van der Waals surface area contributed by atoms with E-state index in [1.165, 1.54) is 38.0 Å². The van der Waals surface area contributed by atoms with Gasteiger partial charge in [0.1, 0.15) is 0 Å². The first-order valence-corrected chi connectivity index (χ1v) is 9.46. The second-order valence-corrected chi connectivity index (χ2v) is 7.62. The molecule has 0 radical (unpaired) electrons. The molecule has 0 saturated heterocycles. The van der Waals surface area contributed by atoms with Gasteiger partial charge in [-0.05, 0) is 73.1 Å². The second-order valence-electron chi connectivity index (χ2n) is 6.84. The summed E-state index contributed by atoms with van der Waals surface area (Å²) in [7, 11) is 0. The lowest BCUT2D eigenvalue weighted by molar-refractivity contribution is 0.243. The zero-order valence-electron chi connectivity index (χ0n) is 14.4. The standard InChI is InChI=1S/C18H34N2S/c1-16(2)6-11-20(12-7-17(3)4)13-10-19-9-5-18-8-14-21-15-18/h8,14-17,19H,5-7,9-13H2,1-4H3. The topological polar surface area (TPSA) is 15.3 Å². The number of nitrogens with zero attached hydrogens (tertiary/aromatic N) is 1. The average Bonchev–Trinajstić information content (AvgIpc) is 2.93. The van der Waals surface area contributed by atoms with Crippen LogP contribution in [0.5, 0.6) is 0 Å². The maximum atomic E-state index is 3.59. The fraction of sp³-hybridized carbons (Fsp3) is 0.778. The molecule has 0 aliphatic heterocycles. The third-order valence-corrected chi connectivity index (χ3v) is 4.55. The molecule has 1 aromatic rings. The van der Waals surface area contributed by atoms with E-state index in [-0.39, 0.29) is 0 Å². The molecule has 0 spiro atoms. The predicted molar refractivity (Wildman–Crippen MR) is 96.2 cm³/mol. The summed E-state index contributed by atoms with van der Waals surface area (Å²) in [5.74, 6) is 1.61. The number of rotatable bonds is 12. The van der Waals surface area contributed by atoms with E-state index in [0.717, 1.165) is 31.3 Å². The third kappa shape index (κ3) is 10.0. The number of hydrogen-bond acceptors (Lipinski definition) is 3. The van der Waals surface area contributed by atoms with E-state index in [0.29, 0.717) is 0 Å². The van der Waals surface area contributed by atoms with Crippen molar-refractivity contribution in [3.8, 4) is 0 Å². The van der Waals surface area contributed by atoms with E-state index in [1.807, 2.05) is 0 Å². The van der Waals surface area contributed by atoms with Crippen molar-refractivity contribution < 1.29 is 0 Å². The van der Waals surface area contributed by atoms with Crippen LogP contribution in [-0.4, -0.2) is 37.6 Å². The first kappa shape index (κ1) is 18.7. The molecule has 0 fully saturated rings. The van der Waals surface area contributed by atoms with Crippen molar-refractivity contribution in [2.45, 2.75) is 47.0 Å². The molecule has 1 rings (SSSR count). The summed E-state index contributed by atoms with van der Waals surface area (Å²) in [4.78, 5) is 2.64. The molecule has 0 bridgehead atoms. The molecule has 21 heavy (non-hydrogen) atoms.